The van der Waals surface area contributed by atoms with Crippen molar-refractivity contribution in [2.75, 3.05) is 0 Å². The smallest absolute Gasteiger partial charge is 0.213 e. The molecule has 0 unspecified atom stereocenters. The van der Waals surface area contributed by atoms with Crippen molar-refractivity contribution in [3.05, 3.63) is 53.1 Å². The van der Waals surface area contributed by atoms with Crippen LogP contribution in [0.3, 0.4) is 0 Å². The molecule has 0 amide bonds. The molecule has 4 heteroatoms. The van der Waals surface area contributed by atoms with Gasteiger partial charge in [-0.15, -0.1) is 0 Å². The van der Waals surface area contributed by atoms with E-state index in [-0.39, 0.29) is 11.3 Å². The summed E-state index contributed by atoms with van der Waals surface area (Å²) in [6.07, 6.45) is 1.90. The van der Waals surface area contributed by atoms with Gasteiger partial charge in [-0.1, -0.05) is 34.6 Å². The minimum atomic E-state index is -0.904. The summed E-state index contributed by atoms with van der Waals surface area (Å²) in [6, 6.07) is 4.03. The highest BCUT2D eigenvalue weighted by molar-refractivity contribution is 5.69. The summed E-state index contributed by atoms with van der Waals surface area (Å²) in [6.45, 7) is 9.78. The highest BCUT2D eigenvalue weighted by Crippen LogP contribution is 2.37. The second kappa shape index (κ2) is 6.34. The molecule has 1 heterocycles. The summed E-state index contributed by atoms with van der Waals surface area (Å²) in [7, 11) is 0. The predicted octanol–water partition coefficient (Wildman–Crippen LogP) is 5.88. The van der Waals surface area contributed by atoms with E-state index in [2.05, 4.69) is 4.98 Å². The number of hydrogen-bond donors (Lipinski definition) is 0. The first-order chi connectivity index (χ1) is 10.6. The molecular weight excluding hydrogens is 299 g/mol. The van der Waals surface area contributed by atoms with Gasteiger partial charge in [-0.25, -0.2) is 13.8 Å². The third-order valence-electron chi connectivity index (χ3n) is 3.69. The number of benzene rings is 1. The van der Waals surface area contributed by atoms with Crippen LogP contribution in [0.25, 0.3) is 11.1 Å². The van der Waals surface area contributed by atoms with E-state index in [1.54, 1.807) is 6.07 Å². The van der Waals surface area contributed by atoms with Gasteiger partial charge in [0.25, 0.3) is 0 Å². The van der Waals surface area contributed by atoms with E-state index in [0.29, 0.717) is 23.1 Å². The van der Waals surface area contributed by atoms with Gasteiger partial charge in [-0.2, -0.15) is 4.39 Å². The van der Waals surface area contributed by atoms with Crippen LogP contribution in [0.1, 0.15) is 51.7 Å². The second-order valence-electron chi connectivity index (χ2n) is 7.37. The molecule has 0 spiro atoms. The summed E-state index contributed by atoms with van der Waals surface area (Å²) < 4.78 is 42.0. The zero-order valence-electron chi connectivity index (χ0n) is 14.2. The Balaban J connectivity index is 2.79. The van der Waals surface area contributed by atoms with Crippen molar-refractivity contribution >= 4 is 0 Å². The maximum atomic E-state index is 14.4. The molecule has 0 saturated carbocycles. The largest absolute Gasteiger partial charge is 0.228 e. The van der Waals surface area contributed by atoms with Gasteiger partial charge < -0.3 is 0 Å². The van der Waals surface area contributed by atoms with E-state index < -0.39 is 17.6 Å². The molecule has 0 aliphatic rings. The van der Waals surface area contributed by atoms with Crippen molar-refractivity contribution in [3.8, 4) is 11.1 Å². The molecule has 0 atom stereocenters. The number of halogens is 3. The Morgan fingerprint density at radius 3 is 2.26 bits per heavy atom. The first-order valence-corrected chi connectivity index (χ1v) is 7.73. The van der Waals surface area contributed by atoms with E-state index in [1.165, 1.54) is 12.3 Å². The molecule has 1 nitrogen and oxygen atoms in total. The first-order valence-electron chi connectivity index (χ1n) is 7.73. The molecule has 124 valence electrons. The normalized spacial score (nSPS) is 12.0. The molecular formula is C19H22F3N. The van der Waals surface area contributed by atoms with Gasteiger partial charge >= 0.3 is 0 Å². The van der Waals surface area contributed by atoms with Crippen molar-refractivity contribution in [1.82, 2.24) is 4.98 Å². The second-order valence-corrected chi connectivity index (χ2v) is 7.37. The van der Waals surface area contributed by atoms with Crippen LogP contribution in [0.2, 0.25) is 0 Å². The van der Waals surface area contributed by atoms with Crippen LogP contribution in [-0.4, -0.2) is 4.98 Å². The summed E-state index contributed by atoms with van der Waals surface area (Å²) in [5.41, 5.74) is 2.03. The van der Waals surface area contributed by atoms with Gasteiger partial charge in [-0.05, 0) is 52.1 Å². The van der Waals surface area contributed by atoms with Crippen LogP contribution in [-0.2, 0) is 6.42 Å². The van der Waals surface area contributed by atoms with Crippen molar-refractivity contribution in [3.63, 3.8) is 0 Å². The lowest BCUT2D eigenvalue weighted by Gasteiger charge is -2.25. The van der Waals surface area contributed by atoms with E-state index in [1.807, 2.05) is 34.6 Å². The van der Waals surface area contributed by atoms with Gasteiger partial charge in [0.15, 0.2) is 11.6 Å². The van der Waals surface area contributed by atoms with Crippen LogP contribution in [0.4, 0.5) is 13.2 Å². The molecule has 2 aromatic rings. The predicted molar refractivity (Wildman–Crippen MR) is 86.8 cm³/mol. The van der Waals surface area contributed by atoms with Gasteiger partial charge in [0, 0.05) is 12.3 Å². The van der Waals surface area contributed by atoms with Crippen LogP contribution < -0.4 is 0 Å². The number of rotatable bonds is 3. The monoisotopic (exact) mass is 321 g/mol. The zero-order valence-corrected chi connectivity index (χ0v) is 14.2. The Bertz CT molecular complexity index is 715. The SMILES string of the molecule is CC(C)c1c(F)c(F)cc(-c2ccnc(F)c2)c1CC(C)(C)C. The van der Waals surface area contributed by atoms with E-state index in [9.17, 15) is 13.2 Å². The quantitative estimate of drug-likeness (QED) is 0.643. The molecule has 0 radical (unpaired) electrons. The molecule has 2 rings (SSSR count). The first kappa shape index (κ1) is 17.5. The van der Waals surface area contributed by atoms with Crippen LogP contribution >= 0.6 is 0 Å². The lowest BCUT2D eigenvalue weighted by atomic mass is 9.80. The summed E-state index contributed by atoms with van der Waals surface area (Å²) in [4.78, 5) is 3.53. The van der Waals surface area contributed by atoms with Gasteiger partial charge in [0.1, 0.15) is 0 Å². The fraction of sp³-hybridized carbons (Fsp3) is 0.421. The number of hydrogen-bond acceptors (Lipinski definition) is 1. The molecule has 0 bridgehead atoms. The van der Waals surface area contributed by atoms with Gasteiger partial charge in [0.05, 0.1) is 0 Å². The van der Waals surface area contributed by atoms with Crippen LogP contribution in [0.5, 0.6) is 0 Å². The highest BCUT2D eigenvalue weighted by atomic mass is 19.2. The average molecular weight is 321 g/mol. The number of aromatic nitrogens is 1. The summed E-state index contributed by atoms with van der Waals surface area (Å²) in [5.74, 6) is -2.52. The molecule has 1 aromatic heterocycles. The topological polar surface area (TPSA) is 12.9 Å². The van der Waals surface area contributed by atoms with Crippen molar-refractivity contribution in [1.29, 1.82) is 0 Å². The fourth-order valence-corrected chi connectivity index (χ4v) is 2.83. The lowest BCUT2D eigenvalue weighted by Crippen LogP contribution is -2.15. The third-order valence-corrected chi connectivity index (χ3v) is 3.69. The minimum Gasteiger partial charge on any atom is -0.228 e. The van der Waals surface area contributed by atoms with Crippen LogP contribution in [0.15, 0.2) is 24.4 Å². The maximum absolute atomic E-state index is 14.4. The zero-order chi connectivity index (χ0) is 17.4. The Kier molecular flexibility index (Phi) is 4.83. The highest BCUT2D eigenvalue weighted by Gasteiger charge is 2.25. The van der Waals surface area contributed by atoms with Crippen LogP contribution in [0, 0.1) is 23.0 Å². The summed E-state index contributed by atoms with van der Waals surface area (Å²) in [5, 5.41) is 0. The Hall–Kier alpha value is -1.84. The number of pyridine rings is 1. The molecule has 23 heavy (non-hydrogen) atoms. The molecule has 0 aliphatic heterocycles. The van der Waals surface area contributed by atoms with E-state index in [0.717, 1.165) is 11.6 Å². The fourth-order valence-electron chi connectivity index (χ4n) is 2.83. The van der Waals surface area contributed by atoms with Crippen molar-refractivity contribution < 1.29 is 13.2 Å². The third kappa shape index (κ3) is 3.92. The van der Waals surface area contributed by atoms with Crippen molar-refractivity contribution in [2.24, 2.45) is 5.41 Å². The molecule has 0 N–H and O–H groups in total. The van der Waals surface area contributed by atoms with E-state index >= 15 is 0 Å². The minimum absolute atomic E-state index is 0.117. The molecule has 1 aromatic carbocycles. The molecule has 0 fully saturated rings. The van der Waals surface area contributed by atoms with Crippen molar-refractivity contribution in [2.45, 2.75) is 47.0 Å². The van der Waals surface area contributed by atoms with E-state index in [4.69, 9.17) is 0 Å². The Labute approximate surface area is 135 Å². The van der Waals surface area contributed by atoms with Gasteiger partial charge in [0.2, 0.25) is 5.95 Å². The molecule has 0 aliphatic carbocycles. The Morgan fingerprint density at radius 1 is 1.09 bits per heavy atom. The molecule has 0 saturated heterocycles. The maximum Gasteiger partial charge on any atom is 0.213 e. The standard InChI is InChI=1S/C19H22F3N/c1-11(2)17-14(10-19(3,4)5)13(9-15(20)18(17)22)12-6-7-23-16(21)8-12/h6-9,11H,10H2,1-5H3. The Morgan fingerprint density at radius 2 is 1.74 bits per heavy atom. The number of nitrogens with zero attached hydrogens (tertiary/aromatic N) is 1. The lowest BCUT2D eigenvalue weighted by molar-refractivity contribution is 0.405. The average Bonchev–Trinajstić information content (AvgIpc) is 2.40. The van der Waals surface area contributed by atoms with Gasteiger partial charge in [-0.3, -0.25) is 0 Å². The summed E-state index contributed by atoms with van der Waals surface area (Å²) >= 11 is 0.